The summed E-state index contributed by atoms with van der Waals surface area (Å²) in [7, 11) is 3.81. The lowest BCUT2D eigenvalue weighted by molar-refractivity contribution is 0.191. The van der Waals surface area contributed by atoms with E-state index in [9.17, 15) is 0 Å². The molecule has 0 saturated heterocycles. The van der Waals surface area contributed by atoms with Crippen molar-refractivity contribution in [2.24, 2.45) is 11.7 Å². The first-order chi connectivity index (χ1) is 9.69. The molecule has 0 amide bonds. The van der Waals surface area contributed by atoms with Gasteiger partial charge in [-0.2, -0.15) is 5.26 Å². The lowest BCUT2D eigenvalue weighted by Gasteiger charge is -2.29. The molecule has 1 aromatic carbocycles. The number of nitrogens with zero attached hydrogens (tertiary/aromatic N) is 2. The molecule has 1 aromatic rings. The van der Waals surface area contributed by atoms with Crippen LogP contribution < -0.4 is 10.5 Å². The number of rotatable bonds is 5. The number of ether oxygens (including phenoxy) is 1. The van der Waals surface area contributed by atoms with Crippen LogP contribution in [0.15, 0.2) is 18.2 Å². The van der Waals surface area contributed by atoms with Crippen molar-refractivity contribution in [2.75, 3.05) is 20.7 Å². The average molecular weight is 273 g/mol. The summed E-state index contributed by atoms with van der Waals surface area (Å²) >= 11 is 0. The molecule has 2 rings (SSSR count). The standard InChI is InChI=1S/C16H23N3O/c1-19(15-5-3-4-13(15)10-18)11-14-8-12(9-17)6-7-16(14)20-2/h6-8,13,15H,3-5,10-11,18H2,1-2H3. The van der Waals surface area contributed by atoms with Crippen LogP contribution in [0.1, 0.15) is 30.4 Å². The Labute approximate surface area is 121 Å². The first kappa shape index (κ1) is 14.8. The zero-order valence-electron chi connectivity index (χ0n) is 12.3. The Bertz CT molecular complexity index is 495. The highest BCUT2D eigenvalue weighted by molar-refractivity contribution is 5.42. The zero-order valence-corrected chi connectivity index (χ0v) is 12.3. The van der Waals surface area contributed by atoms with Gasteiger partial charge in [0.25, 0.3) is 0 Å². The van der Waals surface area contributed by atoms with Gasteiger partial charge in [-0.1, -0.05) is 6.42 Å². The van der Waals surface area contributed by atoms with Crippen LogP contribution in [0.2, 0.25) is 0 Å². The molecule has 1 fully saturated rings. The number of methoxy groups -OCH3 is 1. The van der Waals surface area contributed by atoms with Gasteiger partial charge in [-0.15, -0.1) is 0 Å². The summed E-state index contributed by atoms with van der Waals surface area (Å²) in [6, 6.07) is 8.31. The van der Waals surface area contributed by atoms with Gasteiger partial charge < -0.3 is 10.5 Å². The molecular formula is C16H23N3O. The molecule has 0 bridgehead atoms. The van der Waals surface area contributed by atoms with E-state index in [2.05, 4.69) is 18.0 Å². The van der Waals surface area contributed by atoms with Crippen molar-refractivity contribution in [3.05, 3.63) is 29.3 Å². The van der Waals surface area contributed by atoms with Crippen LogP contribution >= 0.6 is 0 Å². The second-order valence-corrected chi connectivity index (χ2v) is 5.55. The van der Waals surface area contributed by atoms with Crippen molar-refractivity contribution in [1.29, 1.82) is 5.26 Å². The van der Waals surface area contributed by atoms with Gasteiger partial charge >= 0.3 is 0 Å². The highest BCUT2D eigenvalue weighted by Gasteiger charge is 2.29. The van der Waals surface area contributed by atoms with Crippen LogP contribution in [0.5, 0.6) is 5.75 Å². The zero-order chi connectivity index (χ0) is 14.5. The van der Waals surface area contributed by atoms with E-state index < -0.39 is 0 Å². The molecular weight excluding hydrogens is 250 g/mol. The fourth-order valence-electron chi connectivity index (χ4n) is 3.23. The average Bonchev–Trinajstić information content (AvgIpc) is 2.95. The van der Waals surface area contributed by atoms with E-state index in [1.165, 1.54) is 19.3 Å². The summed E-state index contributed by atoms with van der Waals surface area (Å²) in [5.74, 6) is 1.43. The third kappa shape index (κ3) is 3.12. The van der Waals surface area contributed by atoms with E-state index in [0.717, 1.165) is 24.4 Å². The summed E-state index contributed by atoms with van der Waals surface area (Å²) in [4.78, 5) is 2.35. The number of hydrogen-bond donors (Lipinski definition) is 1. The summed E-state index contributed by atoms with van der Waals surface area (Å²) in [6.07, 6.45) is 3.69. The predicted molar refractivity (Wildman–Crippen MR) is 79.4 cm³/mol. The number of nitrogens with two attached hydrogens (primary N) is 1. The number of nitriles is 1. The van der Waals surface area contributed by atoms with Gasteiger partial charge in [0.15, 0.2) is 0 Å². The van der Waals surface area contributed by atoms with Crippen LogP contribution in [0.3, 0.4) is 0 Å². The predicted octanol–water partition coefficient (Wildman–Crippen LogP) is 2.13. The summed E-state index contributed by atoms with van der Waals surface area (Å²) in [6.45, 7) is 1.55. The molecule has 1 aliphatic rings. The van der Waals surface area contributed by atoms with Gasteiger partial charge in [-0.05, 0) is 50.6 Å². The minimum Gasteiger partial charge on any atom is -0.496 e. The summed E-state index contributed by atoms with van der Waals surface area (Å²) in [5.41, 5.74) is 7.61. The Kier molecular flexibility index (Phi) is 4.99. The molecule has 2 unspecified atom stereocenters. The topological polar surface area (TPSA) is 62.3 Å². The summed E-state index contributed by atoms with van der Waals surface area (Å²) < 4.78 is 5.40. The molecule has 0 aromatic heterocycles. The molecule has 0 aliphatic heterocycles. The van der Waals surface area contributed by atoms with Crippen LogP contribution in [0.4, 0.5) is 0 Å². The molecule has 1 saturated carbocycles. The van der Waals surface area contributed by atoms with E-state index in [0.29, 0.717) is 17.5 Å². The minimum absolute atomic E-state index is 0.537. The third-order valence-corrected chi connectivity index (χ3v) is 4.32. The van der Waals surface area contributed by atoms with E-state index in [4.69, 9.17) is 15.7 Å². The van der Waals surface area contributed by atoms with Crippen molar-refractivity contribution >= 4 is 0 Å². The largest absolute Gasteiger partial charge is 0.496 e. The Morgan fingerprint density at radius 1 is 1.45 bits per heavy atom. The smallest absolute Gasteiger partial charge is 0.123 e. The Balaban J connectivity index is 2.14. The first-order valence-corrected chi connectivity index (χ1v) is 7.17. The normalized spacial score (nSPS) is 21.9. The second kappa shape index (κ2) is 6.74. The molecule has 0 radical (unpaired) electrons. The maximum Gasteiger partial charge on any atom is 0.123 e. The Morgan fingerprint density at radius 3 is 2.90 bits per heavy atom. The van der Waals surface area contributed by atoms with Crippen LogP contribution in [-0.4, -0.2) is 31.6 Å². The third-order valence-electron chi connectivity index (χ3n) is 4.32. The fourth-order valence-corrected chi connectivity index (χ4v) is 3.23. The molecule has 0 heterocycles. The Hall–Kier alpha value is -1.57. The van der Waals surface area contributed by atoms with Gasteiger partial charge in [-0.3, -0.25) is 4.90 Å². The fraction of sp³-hybridized carbons (Fsp3) is 0.562. The maximum atomic E-state index is 9.03. The van der Waals surface area contributed by atoms with Gasteiger partial charge in [0, 0.05) is 18.2 Å². The quantitative estimate of drug-likeness (QED) is 0.892. The van der Waals surface area contributed by atoms with Gasteiger partial charge in [0.2, 0.25) is 0 Å². The number of benzene rings is 1. The van der Waals surface area contributed by atoms with Crippen molar-refractivity contribution in [3.8, 4) is 11.8 Å². The van der Waals surface area contributed by atoms with Crippen molar-refractivity contribution in [1.82, 2.24) is 4.90 Å². The van der Waals surface area contributed by atoms with Gasteiger partial charge in [0.05, 0.1) is 18.7 Å². The van der Waals surface area contributed by atoms with E-state index in [-0.39, 0.29) is 0 Å². The number of hydrogen-bond acceptors (Lipinski definition) is 4. The van der Waals surface area contributed by atoms with Gasteiger partial charge in [0.1, 0.15) is 5.75 Å². The molecule has 1 aliphatic carbocycles. The highest BCUT2D eigenvalue weighted by Crippen LogP contribution is 2.30. The molecule has 4 nitrogen and oxygen atoms in total. The Morgan fingerprint density at radius 2 is 2.25 bits per heavy atom. The van der Waals surface area contributed by atoms with Crippen molar-refractivity contribution in [2.45, 2.75) is 31.8 Å². The highest BCUT2D eigenvalue weighted by atomic mass is 16.5. The van der Waals surface area contributed by atoms with E-state index in [1.807, 2.05) is 12.1 Å². The molecule has 4 heteroatoms. The molecule has 20 heavy (non-hydrogen) atoms. The van der Waals surface area contributed by atoms with Gasteiger partial charge in [-0.25, -0.2) is 0 Å². The van der Waals surface area contributed by atoms with Crippen molar-refractivity contribution in [3.63, 3.8) is 0 Å². The van der Waals surface area contributed by atoms with Crippen molar-refractivity contribution < 1.29 is 4.74 Å². The molecule has 108 valence electrons. The summed E-state index contributed by atoms with van der Waals surface area (Å²) in [5, 5.41) is 9.03. The van der Waals surface area contributed by atoms with Crippen LogP contribution in [0, 0.1) is 17.2 Å². The lowest BCUT2D eigenvalue weighted by atomic mass is 10.0. The first-order valence-electron chi connectivity index (χ1n) is 7.17. The van der Waals surface area contributed by atoms with E-state index in [1.54, 1.807) is 13.2 Å². The minimum atomic E-state index is 0.537. The monoisotopic (exact) mass is 273 g/mol. The van der Waals surface area contributed by atoms with Crippen LogP contribution in [-0.2, 0) is 6.54 Å². The second-order valence-electron chi connectivity index (χ2n) is 5.55. The molecule has 2 N–H and O–H groups in total. The SMILES string of the molecule is COc1ccc(C#N)cc1CN(C)C1CCCC1CN. The molecule has 0 spiro atoms. The lowest BCUT2D eigenvalue weighted by Crippen LogP contribution is -2.37. The maximum absolute atomic E-state index is 9.03. The van der Waals surface area contributed by atoms with E-state index >= 15 is 0 Å². The molecule has 2 atom stereocenters. The van der Waals surface area contributed by atoms with Crippen LogP contribution in [0.25, 0.3) is 0 Å².